The fourth-order valence-electron chi connectivity index (χ4n) is 5.39. The van der Waals surface area contributed by atoms with E-state index >= 15 is 0 Å². The topological polar surface area (TPSA) is 88.9 Å². The third kappa shape index (κ3) is 7.22. The summed E-state index contributed by atoms with van der Waals surface area (Å²) in [4.78, 5) is 38.2. The van der Waals surface area contributed by atoms with E-state index in [0.717, 1.165) is 30.5 Å². The quantitative estimate of drug-likeness (QED) is 0.174. The highest BCUT2D eigenvalue weighted by Gasteiger charge is 2.21. The van der Waals surface area contributed by atoms with Gasteiger partial charge in [-0.25, -0.2) is 0 Å². The molecule has 1 saturated carbocycles. The van der Waals surface area contributed by atoms with Gasteiger partial charge in [-0.2, -0.15) is 0 Å². The van der Waals surface area contributed by atoms with Crippen LogP contribution < -0.4 is 10.6 Å². The standard InChI is InChI=1S/C32H41N3O4/c1-4-24-19-28-20-26(31(37)22(3)34-21-29(36)39-5-2)16-18-35(28)30(24)32(38)25-14-12-23(13-15-25)9-8-17-33-27-10-6-7-11-27/h12-16,18-20,22,27,33-34H,4-11,17,21H2,1-3H3. The highest BCUT2D eigenvalue weighted by molar-refractivity contribution is 6.10. The van der Waals surface area contributed by atoms with Crippen molar-refractivity contribution in [3.05, 3.63) is 76.6 Å². The molecule has 2 N–H and O–H groups in total. The van der Waals surface area contributed by atoms with Crippen molar-refractivity contribution in [2.24, 2.45) is 0 Å². The zero-order valence-corrected chi connectivity index (χ0v) is 23.4. The molecule has 2 aromatic heterocycles. The molecule has 0 aliphatic heterocycles. The first-order chi connectivity index (χ1) is 18.9. The van der Waals surface area contributed by atoms with Gasteiger partial charge in [-0.15, -0.1) is 0 Å². The van der Waals surface area contributed by atoms with Crippen molar-refractivity contribution >= 4 is 23.1 Å². The molecule has 1 aliphatic carbocycles. The van der Waals surface area contributed by atoms with Crippen molar-refractivity contribution in [1.82, 2.24) is 15.0 Å². The van der Waals surface area contributed by atoms with Crippen molar-refractivity contribution in [3.63, 3.8) is 0 Å². The van der Waals surface area contributed by atoms with Crippen LogP contribution in [-0.4, -0.2) is 53.7 Å². The van der Waals surface area contributed by atoms with E-state index in [2.05, 4.69) is 22.8 Å². The van der Waals surface area contributed by atoms with Crippen LogP contribution in [0.1, 0.15) is 90.4 Å². The molecule has 3 aromatic rings. The maximum Gasteiger partial charge on any atom is 0.319 e. The Morgan fingerprint density at radius 1 is 1.03 bits per heavy atom. The van der Waals surface area contributed by atoms with Crippen LogP contribution in [0.3, 0.4) is 0 Å². The second-order valence-electron chi connectivity index (χ2n) is 10.4. The van der Waals surface area contributed by atoms with Crippen LogP contribution in [0.15, 0.2) is 48.7 Å². The van der Waals surface area contributed by atoms with Crippen molar-refractivity contribution in [2.45, 2.75) is 77.8 Å². The van der Waals surface area contributed by atoms with Gasteiger partial charge in [0.2, 0.25) is 5.78 Å². The van der Waals surface area contributed by atoms with Crippen LogP contribution in [0.25, 0.3) is 5.52 Å². The molecule has 4 rings (SSSR count). The second-order valence-corrected chi connectivity index (χ2v) is 10.4. The number of aromatic nitrogens is 1. The first kappa shape index (κ1) is 28.7. The lowest BCUT2D eigenvalue weighted by Gasteiger charge is -2.13. The molecule has 1 aromatic carbocycles. The predicted octanol–water partition coefficient (Wildman–Crippen LogP) is 4.92. The second kappa shape index (κ2) is 13.7. The van der Waals surface area contributed by atoms with Gasteiger partial charge < -0.3 is 14.5 Å². The molecular weight excluding hydrogens is 490 g/mol. The molecule has 0 amide bonds. The minimum absolute atomic E-state index is 0.0233. The van der Waals surface area contributed by atoms with E-state index in [1.54, 1.807) is 26.1 Å². The number of hydrogen-bond acceptors (Lipinski definition) is 6. The zero-order valence-electron chi connectivity index (χ0n) is 23.4. The maximum atomic E-state index is 13.6. The monoisotopic (exact) mass is 531 g/mol. The average Bonchev–Trinajstić information content (AvgIpc) is 3.61. The number of ketones is 2. The molecule has 1 atom stereocenters. The van der Waals surface area contributed by atoms with Crippen molar-refractivity contribution in [1.29, 1.82) is 0 Å². The van der Waals surface area contributed by atoms with Gasteiger partial charge >= 0.3 is 5.97 Å². The number of carbonyl (C=O) groups excluding carboxylic acids is 3. The summed E-state index contributed by atoms with van der Waals surface area (Å²) < 4.78 is 6.79. The van der Waals surface area contributed by atoms with Gasteiger partial charge in [-0.1, -0.05) is 44.0 Å². The van der Waals surface area contributed by atoms with E-state index in [1.807, 2.05) is 35.6 Å². The zero-order chi connectivity index (χ0) is 27.8. The van der Waals surface area contributed by atoms with Gasteiger partial charge in [0.05, 0.1) is 24.9 Å². The minimum atomic E-state index is -0.546. The number of Topliss-reactive ketones (excluding diaryl/α,β-unsaturated/α-hetero) is 1. The van der Waals surface area contributed by atoms with E-state index in [9.17, 15) is 14.4 Å². The lowest BCUT2D eigenvalue weighted by atomic mass is 10.0. The van der Waals surface area contributed by atoms with Gasteiger partial charge in [0, 0.05) is 28.9 Å². The number of ether oxygens (including phenoxy) is 1. The number of hydrogen-bond donors (Lipinski definition) is 2. The van der Waals surface area contributed by atoms with E-state index in [-0.39, 0.29) is 24.1 Å². The molecule has 0 spiro atoms. The van der Waals surface area contributed by atoms with E-state index in [1.165, 1.54) is 31.2 Å². The number of nitrogens with zero attached hydrogens (tertiary/aromatic N) is 1. The lowest BCUT2D eigenvalue weighted by Crippen LogP contribution is -2.38. The number of rotatable bonds is 14. The Labute approximate surface area is 231 Å². The largest absolute Gasteiger partial charge is 0.465 e. The average molecular weight is 532 g/mol. The van der Waals surface area contributed by atoms with Gasteiger partial charge in [0.15, 0.2) is 5.78 Å². The molecule has 7 nitrogen and oxygen atoms in total. The third-order valence-electron chi connectivity index (χ3n) is 7.63. The normalized spacial score (nSPS) is 14.5. The van der Waals surface area contributed by atoms with Gasteiger partial charge in [-0.05, 0) is 81.8 Å². The molecule has 1 aliphatic rings. The Morgan fingerprint density at radius 3 is 2.46 bits per heavy atom. The Morgan fingerprint density at radius 2 is 1.77 bits per heavy atom. The lowest BCUT2D eigenvalue weighted by molar-refractivity contribution is -0.142. The fraction of sp³-hybridized carbons (Fsp3) is 0.469. The first-order valence-corrected chi connectivity index (χ1v) is 14.4. The molecule has 0 bridgehead atoms. The Kier molecular flexibility index (Phi) is 10.1. The number of benzene rings is 1. The number of fused-ring (bicyclic) bond motifs is 1. The van der Waals surface area contributed by atoms with Crippen molar-refractivity contribution in [3.8, 4) is 0 Å². The highest BCUT2D eigenvalue weighted by atomic mass is 16.5. The van der Waals surface area contributed by atoms with Gasteiger partial charge in [0.25, 0.3) is 0 Å². The van der Waals surface area contributed by atoms with Crippen LogP contribution in [-0.2, 0) is 22.4 Å². The molecule has 1 unspecified atom stereocenters. The number of carbonyl (C=O) groups is 3. The molecule has 1 fully saturated rings. The van der Waals surface area contributed by atoms with Crippen LogP contribution in [0, 0.1) is 0 Å². The SMILES string of the molecule is CCOC(=O)CNC(C)C(=O)c1ccn2c(C(=O)c3ccc(CCCNC4CCCC4)cc3)c(CC)cc2c1. The molecule has 7 heteroatoms. The molecule has 39 heavy (non-hydrogen) atoms. The molecule has 0 radical (unpaired) electrons. The van der Waals surface area contributed by atoms with Gasteiger partial charge in [-0.3, -0.25) is 19.7 Å². The Balaban J connectivity index is 1.42. The van der Waals surface area contributed by atoms with Crippen LogP contribution in [0.2, 0.25) is 0 Å². The molecule has 208 valence electrons. The maximum absolute atomic E-state index is 13.6. The summed E-state index contributed by atoms with van der Waals surface area (Å²) in [6, 6.07) is 13.6. The smallest absolute Gasteiger partial charge is 0.319 e. The number of nitrogens with one attached hydrogen (secondary N) is 2. The van der Waals surface area contributed by atoms with Crippen LogP contribution >= 0.6 is 0 Å². The van der Waals surface area contributed by atoms with Crippen LogP contribution in [0.5, 0.6) is 0 Å². The summed E-state index contributed by atoms with van der Waals surface area (Å²) in [7, 11) is 0. The van der Waals surface area contributed by atoms with Crippen molar-refractivity contribution in [2.75, 3.05) is 19.7 Å². The van der Waals surface area contributed by atoms with Gasteiger partial charge in [0.1, 0.15) is 0 Å². The van der Waals surface area contributed by atoms with Crippen molar-refractivity contribution < 1.29 is 19.1 Å². The van der Waals surface area contributed by atoms with E-state index in [0.29, 0.717) is 35.9 Å². The summed E-state index contributed by atoms with van der Waals surface area (Å²) in [5.74, 6) is -0.535. The van der Waals surface area contributed by atoms with Crippen LogP contribution in [0.4, 0.5) is 0 Å². The first-order valence-electron chi connectivity index (χ1n) is 14.4. The number of pyridine rings is 1. The Bertz CT molecular complexity index is 1290. The summed E-state index contributed by atoms with van der Waals surface area (Å²) in [5, 5.41) is 6.59. The highest BCUT2D eigenvalue weighted by Crippen LogP contribution is 2.23. The Hall–Kier alpha value is -3.29. The van der Waals surface area contributed by atoms with E-state index in [4.69, 9.17) is 4.74 Å². The predicted molar refractivity (Wildman–Crippen MR) is 154 cm³/mol. The third-order valence-corrected chi connectivity index (χ3v) is 7.63. The van der Waals surface area contributed by atoms with E-state index < -0.39 is 6.04 Å². The minimum Gasteiger partial charge on any atom is -0.465 e. The summed E-state index contributed by atoms with van der Waals surface area (Å²) in [5.41, 5.74) is 4.80. The summed E-state index contributed by atoms with van der Waals surface area (Å²) in [6.45, 7) is 6.81. The molecular formula is C32H41N3O4. The summed E-state index contributed by atoms with van der Waals surface area (Å²) >= 11 is 0. The summed E-state index contributed by atoms with van der Waals surface area (Å²) in [6.07, 6.45) is 9.87. The number of esters is 1. The molecule has 2 heterocycles. The molecule has 0 saturated heterocycles. The number of aryl methyl sites for hydroxylation is 2. The fourth-order valence-corrected chi connectivity index (χ4v) is 5.39.